The van der Waals surface area contributed by atoms with E-state index in [1.54, 1.807) is 36.4 Å². The molecule has 2 aliphatic heterocycles. The molecule has 2 heterocycles. The lowest BCUT2D eigenvalue weighted by Gasteiger charge is -2.03. The predicted octanol–water partition coefficient (Wildman–Crippen LogP) is 5.67. The van der Waals surface area contributed by atoms with Crippen molar-refractivity contribution in [1.29, 1.82) is 0 Å². The van der Waals surface area contributed by atoms with Crippen LogP contribution in [0.25, 0.3) is 27.3 Å². The molecule has 0 fully saturated rings. The van der Waals surface area contributed by atoms with Gasteiger partial charge in [-0.25, -0.2) is 16.8 Å². The lowest BCUT2D eigenvalue weighted by atomic mass is 10.0. The average molecular weight is 527 g/mol. The number of ketones is 1. The van der Waals surface area contributed by atoms with Gasteiger partial charge < -0.3 is 5.11 Å². The molecule has 0 saturated heterocycles. The van der Waals surface area contributed by atoms with E-state index in [0.29, 0.717) is 0 Å². The number of carbonyl (C=O) groups excluding carboxylic acids is 1. The highest BCUT2D eigenvalue weighted by Gasteiger charge is 2.39. The highest BCUT2D eigenvalue weighted by atomic mass is 32.2. The first kappa shape index (κ1) is 23.1. The first-order chi connectivity index (χ1) is 17.7. The molecule has 2 aliphatic rings. The topological polar surface area (TPSA) is 106 Å². The molecule has 0 aliphatic carbocycles. The molecule has 0 saturated carbocycles. The zero-order valence-electron chi connectivity index (χ0n) is 19.1. The Kier molecular flexibility index (Phi) is 5.08. The zero-order chi connectivity index (χ0) is 25.9. The van der Waals surface area contributed by atoms with E-state index in [4.69, 9.17) is 0 Å². The molecule has 0 unspecified atom stereocenters. The van der Waals surface area contributed by atoms with Gasteiger partial charge in [-0.2, -0.15) is 0 Å². The molecule has 0 radical (unpaired) electrons. The largest absolute Gasteiger partial charge is 0.506 e. The van der Waals surface area contributed by atoms with Gasteiger partial charge in [0, 0.05) is 11.1 Å². The fourth-order valence-electron chi connectivity index (χ4n) is 4.68. The van der Waals surface area contributed by atoms with Crippen LogP contribution in [0.3, 0.4) is 0 Å². The Hall–Kier alpha value is -4.27. The number of rotatable bonds is 3. The van der Waals surface area contributed by atoms with Crippen molar-refractivity contribution in [2.45, 2.75) is 9.79 Å². The quantitative estimate of drug-likeness (QED) is 0.272. The minimum atomic E-state index is -3.98. The number of aliphatic hydroxyl groups is 1. The maximum absolute atomic E-state index is 13.0. The maximum atomic E-state index is 13.0. The second kappa shape index (κ2) is 8.12. The maximum Gasteiger partial charge on any atom is 0.211 e. The van der Waals surface area contributed by atoms with Gasteiger partial charge >= 0.3 is 0 Å². The first-order valence-electron chi connectivity index (χ1n) is 11.3. The third-order valence-corrected chi connectivity index (χ3v) is 10.2. The number of carbonyl (C=O) groups is 1. The standard InChI is InChI=1S/C29H18O6S2/c30-28-22-14-18-8-4-6-10-20(18)16-26(22)36(32,33)24(28)12-2-1-3-13-25-29(31)23-15-19-9-5-7-11-21(19)17-27(23)37(25,34)35/h1-17,30H. The molecule has 1 N–H and O–H groups in total. The van der Waals surface area contributed by atoms with Crippen LogP contribution in [0.2, 0.25) is 0 Å². The number of sulfone groups is 2. The van der Waals surface area contributed by atoms with Crippen molar-refractivity contribution in [1.82, 2.24) is 0 Å². The summed E-state index contributed by atoms with van der Waals surface area (Å²) in [5, 5.41) is 13.7. The number of allylic oxidation sites excluding steroid dienone is 6. The van der Waals surface area contributed by atoms with Crippen LogP contribution in [-0.4, -0.2) is 27.7 Å². The first-order valence-corrected chi connectivity index (χ1v) is 14.3. The molecule has 6 rings (SSSR count). The number of Topliss-reactive ketones (excluding diaryl/α,β-unsaturated/α-hetero) is 1. The van der Waals surface area contributed by atoms with Crippen LogP contribution in [0.4, 0.5) is 0 Å². The summed E-state index contributed by atoms with van der Waals surface area (Å²) in [4.78, 5) is 12.3. The van der Waals surface area contributed by atoms with Crippen LogP contribution in [-0.2, 0) is 19.7 Å². The van der Waals surface area contributed by atoms with Gasteiger partial charge in [0.25, 0.3) is 0 Å². The van der Waals surface area contributed by atoms with E-state index >= 15 is 0 Å². The van der Waals surface area contributed by atoms with Crippen molar-refractivity contribution >= 4 is 52.8 Å². The van der Waals surface area contributed by atoms with Crippen molar-refractivity contribution < 1.29 is 26.7 Å². The second-order valence-corrected chi connectivity index (χ2v) is 12.5. The minimum absolute atomic E-state index is 0.0244. The van der Waals surface area contributed by atoms with Gasteiger partial charge in [0.1, 0.15) is 15.6 Å². The fourth-order valence-corrected chi connectivity index (χ4v) is 7.84. The SMILES string of the molecule is O=C1C(=CC=CC=CC2=C(O)c3cc4ccccc4cc3S2(=O)=O)S(=O)(=O)c2cc3ccccc3cc21. The van der Waals surface area contributed by atoms with Gasteiger partial charge in [0.15, 0.2) is 0 Å². The summed E-state index contributed by atoms with van der Waals surface area (Å²) in [6.07, 6.45) is 6.58. The molecule has 6 nitrogen and oxygen atoms in total. The summed E-state index contributed by atoms with van der Waals surface area (Å²) in [5.41, 5.74) is 0.364. The molecule has 182 valence electrons. The minimum Gasteiger partial charge on any atom is -0.506 e. The lowest BCUT2D eigenvalue weighted by molar-refractivity contribution is 0.104. The number of hydrogen-bond acceptors (Lipinski definition) is 6. The molecule has 0 atom stereocenters. The van der Waals surface area contributed by atoms with Crippen LogP contribution in [0, 0.1) is 0 Å². The van der Waals surface area contributed by atoms with Gasteiger partial charge in [-0.15, -0.1) is 0 Å². The third kappa shape index (κ3) is 3.48. The Morgan fingerprint density at radius 3 is 1.73 bits per heavy atom. The predicted molar refractivity (Wildman–Crippen MR) is 143 cm³/mol. The van der Waals surface area contributed by atoms with E-state index in [2.05, 4.69) is 0 Å². The van der Waals surface area contributed by atoms with E-state index in [9.17, 15) is 26.7 Å². The van der Waals surface area contributed by atoms with Gasteiger partial charge in [-0.05, 0) is 58.0 Å². The smallest absolute Gasteiger partial charge is 0.211 e. The van der Waals surface area contributed by atoms with Gasteiger partial charge in [0.05, 0.1) is 9.79 Å². The van der Waals surface area contributed by atoms with E-state index in [1.165, 1.54) is 42.5 Å². The summed E-state index contributed by atoms with van der Waals surface area (Å²) in [7, 11) is -7.91. The monoisotopic (exact) mass is 526 g/mol. The average Bonchev–Trinajstić information content (AvgIpc) is 3.19. The Bertz CT molecular complexity index is 2030. The van der Waals surface area contributed by atoms with Crippen molar-refractivity contribution in [3.8, 4) is 0 Å². The third-order valence-electron chi connectivity index (χ3n) is 6.53. The number of hydrogen-bond donors (Lipinski definition) is 1. The van der Waals surface area contributed by atoms with Crippen LogP contribution in [0.5, 0.6) is 0 Å². The molecule has 8 heteroatoms. The Balaban J connectivity index is 1.31. The van der Waals surface area contributed by atoms with Crippen molar-refractivity contribution in [2.75, 3.05) is 0 Å². The fraction of sp³-hybridized carbons (Fsp3) is 0. The summed E-state index contributed by atoms with van der Waals surface area (Å²) < 4.78 is 52.1. The number of benzene rings is 4. The summed E-state index contributed by atoms with van der Waals surface area (Å²) in [6.45, 7) is 0. The van der Waals surface area contributed by atoms with E-state index in [1.807, 2.05) is 24.3 Å². The van der Waals surface area contributed by atoms with Crippen molar-refractivity contribution in [3.63, 3.8) is 0 Å². The lowest BCUT2D eigenvalue weighted by Crippen LogP contribution is -2.01. The van der Waals surface area contributed by atoms with Crippen molar-refractivity contribution in [2.24, 2.45) is 0 Å². The summed E-state index contributed by atoms with van der Waals surface area (Å²) >= 11 is 0. The summed E-state index contributed by atoms with van der Waals surface area (Å²) in [6, 6.07) is 20.7. The molecule has 37 heavy (non-hydrogen) atoms. The van der Waals surface area contributed by atoms with Gasteiger partial charge in [-0.3, -0.25) is 4.79 Å². The van der Waals surface area contributed by atoms with E-state index in [-0.39, 0.29) is 36.5 Å². The molecule has 0 spiro atoms. The highest BCUT2D eigenvalue weighted by molar-refractivity contribution is 7.97. The van der Waals surface area contributed by atoms with Crippen LogP contribution >= 0.6 is 0 Å². The van der Waals surface area contributed by atoms with E-state index < -0.39 is 25.5 Å². The molecule has 4 aromatic rings. The molecular weight excluding hydrogens is 508 g/mol. The molecule has 0 aromatic heterocycles. The molecule has 4 aromatic carbocycles. The van der Waals surface area contributed by atoms with Crippen LogP contribution in [0.15, 0.2) is 123 Å². The molecule has 0 bridgehead atoms. The zero-order valence-corrected chi connectivity index (χ0v) is 20.8. The second-order valence-electron chi connectivity index (χ2n) is 8.71. The Morgan fingerprint density at radius 1 is 0.622 bits per heavy atom. The van der Waals surface area contributed by atoms with Gasteiger partial charge in [-0.1, -0.05) is 66.8 Å². The number of fused-ring (bicyclic) bond motifs is 4. The van der Waals surface area contributed by atoms with Crippen LogP contribution in [0.1, 0.15) is 15.9 Å². The Morgan fingerprint density at radius 2 is 1.14 bits per heavy atom. The summed E-state index contributed by atoms with van der Waals surface area (Å²) in [5.74, 6) is -0.935. The molecule has 0 amide bonds. The van der Waals surface area contributed by atoms with Gasteiger partial charge in [0.2, 0.25) is 25.5 Å². The van der Waals surface area contributed by atoms with Crippen molar-refractivity contribution in [3.05, 3.63) is 124 Å². The Labute approximate surface area is 213 Å². The van der Waals surface area contributed by atoms with Crippen LogP contribution < -0.4 is 0 Å². The highest BCUT2D eigenvalue weighted by Crippen LogP contribution is 2.40. The molecular formula is C29H18O6S2. The number of aliphatic hydroxyl groups excluding tert-OH is 1. The van der Waals surface area contributed by atoms with E-state index in [0.717, 1.165) is 21.5 Å². The normalized spacial score (nSPS) is 19.0.